The first kappa shape index (κ1) is 10.8. The van der Waals surface area contributed by atoms with Crippen LogP contribution < -0.4 is 5.32 Å². The zero-order chi connectivity index (χ0) is 12.4. The van der Waals surface area contributed by atoms with Gasteiger partial charge in [-0.1, -0.05) is 6.07 Å². The van der Waals surface area contributed by atoms with Crippen LogP contribution in [0.15, 0.2) is 43.1 Å². The van der Waals surface area contributed by atoms with E-state index in [1.54, 1.807) is 24.8 Å². The Morgan fingerprint density at radius 3 is 2.83 bits per heavy atom. The van der Waals surface area contributed by atoms with Crippen LogP contribution in [0.3, 0.4) is 0 Å². The fourth-order valence-corrected chi connectivity index (χ4v) is 2.03. The number of carbonyl (C=O) groups is 1. The van der Waals surface area contributed by atoms with Gasteiger partial charge in [-0.25, -0.2) is 4.98 Å². The smallest absolute Gasteiger partial charge is 0.229 e. The summed E-state index contributed by atoms with van der Waals surface area (Å²) < 4.78 is 0. The van der Waals surface area contributed by atoms with E-state index >= 15 is 0 Å². The van der Waals surface area contributed by atoms with Gasteiger partial charge in [0, 0.05) is 30.7 Å². The second-order valence-electron chi connectivity index (χ2n) is 4.31. The molecule has 0 saturated heterocycles. The van der Waals surface area contributed by atoms with Crippen LogP contribution in [0.4, 0.5) is 5.82 Å². The molecule has 0 aromatic carbocycles. The van der Waals surface area contributed by atoms with Crippen LogP contribution in [0.1, 0.15) is 17.9 Å². The predicted molar refractivity (Wildman–Crippen MR) is 65.7 cm³/mol. The second kappa shape index (κ2) is 4.52. The predicted octanol–water partition coefficient (Wildman–Crippen LogP) is 1.61. The Bertz CT molecular complexity index is 543. The molecular weight excluding hydrogens is 228 g/mol. The Morgan fingerprint density at radius 2 is 2.11 bits per heavy atom. The molecule has 0 spiro atoms. The summed E-state index contributed by atoms with van der Waals surface area (Å²) in [6.07, 6.45) is 9.10. The Kier molecular flexibility index (Phi) is 2.72. The Balaban J connectivity index is 1.63. The minimum atomic E-state index is 0.00403. The highest BCUT2D eigenvalue weighted by Crippen LogP contribution is 2.47. The second-order valence-corrected chi connectivity index (χ2v) is 4.31. The quantitative estimate of drug-likeness (QED) is 0.885. The summed E-state index contributed by atoms with van der Waals surface area (Å²) in [5.74, 6) is 0.815. The SMILES string of the molecule is O=C(Nc1cnccn1)[C@@H]1C[C@@H]1c1cccnc1. The largest absolute Gasteiger partial charge is 0.309 e. The van der Waals surface area contributed by atoms with Crippen LogP contribution in [0.2, 0.25) is 0 Å². The first-order valence-electron chi connectivity index (χ1n) is 5.81. The first-order valence-corrected chi connectivity index (χ1v) is 5.81. The van der Waals surface area contributed by atoms with Crippen molar-refractivity contribution in [2.24, 2.45) is 5.92 Å². The molecule has 0 unspecified atom stereocenters. The van der Waals surface area contributed by atoms with Crippen molar-refractivity contribution in [1.29, 1.82) is 0 Å². The van der Waals surface area contributed by atoms with Crippen LogP contribution in [-0.4, -0.2) is 20.9 Å². The average Bonchev–Trinajstić information content (AvgIpc) is 3.21. The highest BCUT2D eigenvalue weighted by Gasteiger charge is 2.44. The van der Waals surface area contributed by atoms with E-state index in [-0.39, 0.29) is 17.7 Å². The molecular formula is C13H12N4O. The van der Waals surface area contributed by atoms with E-state index in [2.05, 4.69) is 20.3 Å². The maximum absolute atomic E-state index is 12.0. The van der Waals surface area contributed by atoms with Gasteiger partial charge in [-0.05, 0) is 24.0 Å². The third-order valence-electron chi connectivity index (χ3n) is 3.05. The lowest BCUT2D eigenvalue weighted by Crippen LogP contribution is -2.15. The van der Waals surface area contributed by atoms with Gasteiger partial charge in [-0.3, -0.25) is 14.8 Å². The molecule has 0 aliphatic heterocycles. The number of pyridine rings is 1. The van der Waals surface area contributed by atoms with Crippen molar-refractivity contribution in [3.8, 4) is 0 Å². The normalized spacial score (nSPS) is 21.3. The summed E-state index contributed by atoms with van der Waals surface area (Å²) in [5, 5.41) is 2.77. The molecule has 2 aromatic rings. The number of amides is 1. The van der Waals surface area contributed by atoms with E-state index in [1.807, 2.05) is 18.3 Å². The molecule has 1 aliphatic rings. The molecule has 1 amide bonds. The lowest BCUT2D eigenvalue weighted by Gasteiger charge is -2.02. The molecule has 5 nitrogen and oxygen atoms in total. The Hall–Kier alpha value is -2.30. The van der Waals surface area contributed by atoms with Crippen LogP contribution >= 0.6 is 0 Å². The summed E-state index contributed by atoms with van der Waals surface area (Å²) in [4.78, 5) is 24.0. The van der Waals surface area contributed by atoms with Crippen molar-refractivity contribution >= 4 is 11.7 Å². The number of hydrogen-bond donors (Lipinski definition) is 1. The number of nitrogens with one attached hydrogen (secondary N) is 1. The van der Waals surface area contributed by atoms with Gasteiger partial charge < -0.3 is 5.32 Å². The van der Waals surface area contributed by atoms with Gasteiger partial charge in [0.1, 0.15) is 0 Å². The molecule has 2 heterocycles. The van der Waals surface area contributed by atoms with Crippen molar-refractivity contribution in [2.45, 2.75) is 12.3 Å². The van der Waals surface area contributed by atoms with Crippen molar-refractivity contribution < 1.29 is 4.79 Å². The lowest BCUT2D eigenvalue weighted by molar-refractivity contribution is -0.117. The van der Waals surface area contributed by atoms with Gasteiger partial charge in [0.15, 0.2) is 5.82 Å². The molecule has 3 rings (SSSR count). The van der Waals surface area contributed by atoms with E-state index in [4.69, 9.17) is 0 Å². The van der Waals surface area contributed by atoms with Gasteiger partial charge in [-0.2, -0.15) is 0 Å². The van der Waals surface area contributed by atoms with Gasteiger partial charge in [0.2, 0.25) is 5.91 Å². The highest BCUT2D eigenvalue weighted by molar-refractivity contribution is 5.94. The third kappa shape index (κ3) is 2.20. The molecule has 2 aromatic heterocycles. The zero-order valence-corrected chi connectivity index (χ0v) is 9.65. The fourth-order valence-electron chi connectivity index (χ4n) is 2.03. The molecule has 18 heavy (non-hydrogen) atoms. The molecule has 90 valence electrons. The lowest BCUT2D eigenvalue weighted by atomic mass is 10.1. The molecule has 1 aliphatic carbocycles. The Morgan fingerprint density at radius 1 is 1.22 bits per heavy atom. The molecule has 1 fully saturated rings. The van der Waals surface area contributed by atoms with Gasteiger partial charge in [0.25, 0.3) is 0 Å². The molecule has 0 radical (unpaired) electrons. The monoisotopic (exact) mass is 240 g/mol. The number of anilines is 1. The molecule has 0 bridgehead atoms. The molecule has 1 N–H and O–H groups in total. The van der Waals surface area contributed by atoms with Crippen LogP contribution in [-0.2, 0) is 4.79 Å². The summed E-state index contributed by atoms with van der Waals surface area (Å²) >= 11 is 0. The minimum Gasteiger partial charge on any atom is -0.309 e. The molecule has 1 saturated carbocycles. The van der Waals surface area contributed by atoms with Crippen molar-refractivity contribution in [3.05, 3.63) is 48.7 Å². The van der Waals surface area contributed by atoms with Crippen LogP contribution in [0, 0.1) is 5.92 Å². The highest BCUT2D eigenvalue weighted by atomic mass is 16.2. The first-order chi connectivity index (χ1) is 8.84. The average molecular weight is 240 g/mol. The number of aromatic nitrogens is 3. The Labute approximate surface area is 104 Å². The van der Waals surface area contributed by atoms with Crippen LogP contribution in [0.25, 0.3) is 0 Å². The van der Waals surface area contributed by atoms with Crippen molar-refractivity contribution in [1.82, 2.24) is 15.0 Å². The summed E-state index contributed by atoms with van der Waals surface area (Å²) in [7, 11) is 0. The van der Waals surface area contributed by atoms with Crippen molar-refractivity contribution in [2.75, 3.05) is 5.32 Å². The maximum Gasteiger partial charge on any atom is 0.229 e. The summed E-state index contributed by atoms with van der Waals surface area (Å²) in [6.45, 7) is 0. The topological polar surface area (TPSA) is 67.8 Å². The molecule has 5 heteroatoms. The van der Waals surface area contributed by atoms with E-state index in [9.17, 15) is 4.79 Å². The zero-order valence-electron chi connectivity index (χ0n) is 9.65. The summed E-state index contributed by atoms with van der Waals surface area (Å²) in [6, 6.07) is 3.90. The summed E-state index contributed by atoms with van der Waals surface area (Å²) in [5.41, 5.74) is 1.12. The van der Waals surface area contributed by atoms with E-state index in [0.717, 1.165) is 12.0 Å². The number of rotatable bonds is 3. The van der Waals surface area contributed by atoms with Gasteiger partial charge in [-0.15, -0.1) is 0 Å². The number of hydrogen-bond acceptors (Lipinski definition) is 4. The fraction of sp³-hybridized carbons (Fsp3) is 0.231. The van der Waals surface area contributed by atoms with Gasteiger partial charge >= 0.3 is 0 Å². The van der Waals surface area contributed by atoms with Crippen LogP contribution in [0.5, 0.6) is 0 Å². The third-order valence-corrected chi connectivity index (χ3v) is 3.05. The number of nitrogens with zero attached hydrogens (tertiary/aromatic N) is 3. The van der Waals surface area contributed by atoms with E-state index < -0.39 is 0 Å². The maximum atomic E-state index is 12.0. The standard InChI is InChI=1S/C13H12N4O/c18-13(17-12-8-15-4-5-16-12)11-6-10(11)9-2-1-3-14-7-9/h1-5,7-8,10-11H,6H2,(H,16,17,18)/t10-,11-/m1/s1. The number of carbonyl (C=O) groups excluding carboxylic acids is 1. The van der Waals surface area contributed by atoms with Crippen molar-refractivity contribution in [3.63, 3.8) is 0 Å². The molecule has 2 atom stereocenters. The van der Waals surface area contributed by atoms with E-state index in [0.29, 0.717) is 5.82 Å². The van der Waals surface area contributed by atoms with Gasteiger partial charge in [0.05, 0.1) is 6.20 Å². The van der Waals surface area contributed by atoms with E-state index in [1.165, 1.54) is 0 Å². The minimum absolute atomic E-state index is 0.00403.